The molecule has 0 saturated carbocycles. The van der Waals surface area contributed by atoms with E-state index in [0.717, 1.165) is 19.3 Å². The Bertz CT molecular complexity index is 721. The number of likely N-dealkylation sites (tertiary alicyclic amines) is 1. The van der Waals surface area contributed by atoms with Crippen LogP contribution in [0.5, 0.6) is 0 Å². The van der Waals surface area contributed by atoms with Crippen LogP contribution in [0.3, 0.4) is 0 Å². The van der Waals surface area contributed by atoms with Crippen molar-refractivity contribution in [1.82, 2.24) is 9.88 Å². The molecule has 0 unspecified atom stereocenters. The molecular weight excluding hydrogens is 316 g/mol. The third kappa shape index (κ3) is 3.51. The molecule has 1 aromatic heterocycles. The Kier molecular flexibility index (Phi) is 5.04. The predicted octanol–water partition coefficient (Wildman–Crippen LogP) is 2.87. The van der Waals surface area contributed by atoms with E-state index in [0.29, 0.717) is 29.8 Å². The Morgan fingerprint density at radius 2 is 1.72 bits per heavy atom. The SMILES string of the molecule is CCC1(CO)CCN(C(=O)c2ccc(C(=O)c3cc[nH]c3)cc2)CC1. The van der Waals surface area contributed by atoms with E-state index < -0.39 is 0 Å². The monoisotopic (exact) mass is 340 g/mol. The van der Waals surface area contributed by atoms with Gasteiger partial charge in [0.25, 0.3) is 5.91 Å². The van der Waals surface area contributed by atoms with Gasteiger partial charge >= 0.3 is 0 Å². The van der Waals surface area contributed by atoms with Crippen molar-refractivity contribution in [3.05, 3.63) is 59.4 Å². The van der Waals surface area contributed by atoms with Crippen molar-refractivity contribution in [2.75, 3.05) is 19.7 Å². The summed E-state index contributed by atoms with van der Waals surface area (Å²) in [6.45, 7) is 3.60. The van der Waals surface area contributed by atoms with Crippen LogP contribution in [-0.2, 0) is 0 Å². The maximum absolute atomic E-state index is 12.7. The van der Waals surface area contributed by atoms with Crippen molar-refractivity contribution in [3.63, 3.8) is 0 Å². The molecule has 1 aliphatic heterocycles. The molecule has 0 radical (unpaired) electrons. The summed E-state index contributed by atoms with van der Waals surface area (Å²) in [5, 5.41) is 9.61. The van der Waals surface area contributed by atoms with Crippen LogP contribution in [0.2, 0.25) is 0 Å². The van der Waals surface area contributed by atoms with Crippen molar-refractivity contribution < 1.29 is 14.7 Å². The number of aliphatic hydroxyl groups excluding tert-OH is 1. The molecule has 1 saturated heterocycles. The summed E-state index contributed by atoms with van der Waals surface area (Å²) in [5.74, 6) is -0.0721. The molecule has 5 heteroatoms. The zero-order chi connectivity index (χ0) is 17.9. The third-order valence-corrected chi connectivity index (χ3v) is 5.45. The average molecular weight is 340 g/mol. The van der Waals surface area contributed by atoms with E-state index in [9.17, 15) is 14.7 Å². The fourth-order valence-corrected chi connectivity index (χ4v) is 3.39. The van der Waals surface area contributed by atoms with Crippen LogP contribution in [0.15, 0.2) is 42.7 Å². The number of carbonyl (C=O) groups is 2. The van der Waals surface area contributed by atoms with Crippen molar-refractivity contribution >= 4 is 11.7 Å². The Morgan fingerprint density at radius 3 is 2.24 bits per heavy atom. The summed E-state index contributed by atoms with van der Waals surface area (Å²) >= 11 is 0. The lowest BCUT2D eigenvalue weighted by Gasteiger charge is -2.40. The first-order chi connectivity index (χ1) is 12.1. The standard InChI is InChI=1S/C20H24N2O3/c1-2-20(14-23)8-11-22(12-9-20)19(25)16-5-3-15(4-6-16)18(24)17-7-10-21-13-17/h3-7,10,13,21,23H,2,8-9,11-12,14H2,1H3. The molecule has 25 heavy (non-hydrogen) atoms. The number of carbonyl (C=O) groups excluding carboxylic acids is 2. The molecule has 5 nitrogen and oxygen atoms in total. The van der Waals surface area contributed by atoms with Gasteiger partial charge in [0.05, 0.1) is 0 Å². The molecule has 0 atom stereocenters. The van der Waals surface area contributed by atoms with Gasteiger partial charge in [0.1, 0.15) is 0 Å². The molecule has 0 aliphatic carbocycles. The first-order valence-corrected chi connectivity index (χ1v) is 8.76. The van der Waals surface area contributed by atoms with Gasteiger partial charge in [0.2, 0.25) is 0 Å². The minimum atomic E-state index is -0.0612. The maximum atomic E-state index is 12.7. The first-order valence-electron chi connectivity index (χ1n) is 8.76. The number of aliphatic hydroxyl groups is 1. The summed E-state index contributed by atoms with van der Waals surface area (Å²) < 4.78 is 0. The van der Waals surface area contributed by atoms with Crippen LogP contribution < -0.4 is 0 Å². The smallest absolute Gasteiger partial charge is 0.253 e. The van der Waals surface area contributed by atoms with E-state index in [1.807, 2.05) is 4.90 Å². The summed E-state index contributed by atoms with van der Waals surface area (Å²) in [6.07, 6.45) is 5.97. The normalized spacial score (nSPS) is 16.6. The van der Waals surface area contributed by atoms with Crippen LogP contribution in [0, 0.1) is 5.41 Å². The minimum Gasteiger partial charge on any atom is -0.396 e. The molecule has 1 aliphatic rings. The number of amides is 1. The zero-order valence-electron chi connectivity index (χ0n) is 14.5. The van der Waals surface area contributed by atoms with Gasteiger partial charge in [-0.15, -0.1) is 0 Å². The number of hydrogen-bond donors (Lipinski definition) is 2. The molecule has 2 aromatic rings. The highest BCUT2D eigenvalue weighted by Gasteiger charge is 2.34. The Morgan fingerprint density at radius 1 is 1.08 bits per heavy atom. The maximum Gasteiger partial charge on any atom is 0.253 e. The number of H-pyrrole nitrogens is 1. The van der Waals surface area contributed by atoms with Crippen molar-refractivity contribution in [2.45, 2.75) is 26.2 Å². The van der Waals surface area contributed by atoms with Crippen LogP contribution in [-0.4, -0.2) is 46.4 Å². The fraction of sp³-hybridized carbons (Fsp3) is 0.400. The summed E-state index contributed by atoms with van der Waals surface area (Å²) in [6, 6.07) is 8.58. The van der Waals surface area contributed by atoms with Gasteiger partial charge in [-0.05, 0) is 42.9 Å². The van der Waals surface area contributed by atoms with Gasteiger partial charge in [0.15, 0.2) is 5.78 Å². The molecule has 2 heterocycles. The fourth-order valence-electron chi connectivity index (χ4n) is 3.39. The topological polar surface area (TPSA) is 73.4 Å². The number of nitrogens with zero attached hydrogens (tertiary/aromatic N) is 1. The molecule has 1 amide bonds. The first kappa shape index (κ1) is 17.4. The van der Waals surface area contributed by atoms with Crippen molar-refractivity contribution in [3.8, 4) is 0 Å². The number of hydrogen-bond acceptors (Lipinski definition) is 3. The van der Waals surface area contributed by atoms with Gasteiger partial charge in [-0.1, -0.05) is 19.1 Å². The highest BCUT2D eigenvalue weighted by molar-refractivity contribution is 6.09. The number of nitrogens with one attached hydrogen (secondary N) is 1. The van der Waals surface area contributed by atoms with Crippen molar-refractivity contribution in [2.24, 2.45) is 5.41 Å². The molecule has 1 fully saturated rings. The second-order valence-electron chi connectivity index (χ2n) is 6.81. The van der Waals surface area contributed by atoms with E-state index in [-0.39, 0.29) is 23.7 Å². The van der Waals surface area contributed by atoms with Gasteiger partial charge < -0.3 is 15.0 Å². The lowest BCUT2D eigenvalue weighted by Crippen LogP contribution is -2.44. The lowest BCUT2D eigenvalue weighted by molar-refractivity contribution is 0.0338. The summed E-state index contributed by atoms with van der Waals surface area (Å²) in [4.78, 5) is 29.7. The van der Waals surface area contributed by atoms with Crippen molar-refractivity contribution in [1.29, 1.82) is 0 Å². The van der Waals surface area contributed by atoms with E-state index in [1.54, 1.807) is 42.7 Å². The van der Waals surface area contributed by atoms with Gasteiger partial charge in [-0.3, -0.25) is 9.59 Å². The summed E-state index contributed by atoms with van der Waals surface area (Å²) in [5.41, 5.74) is 1.73. The Hall–Kier alpha value is -2.40. The number of ketones is 1. The molecule has 2 N–H and O–H groups in total. The van der Waals surface area contributed by atoms with Crippen LogP contribution in [0.4, 0.5) is 0 Å². The van der Waals surface area contributed by atoms with Gasteiger partial charge in [0, 0.05) is 48.8 Å². The summed E-state index contributed by atoms with van der Waals surface area (Å²) in [7, 11) is 0. The molecule has 0 bridgehead atoms. The Labute approximate surface area is 147 Å². The lowest BCUT2D eigenvalue weighted by atomic mass is 9.77. The van der Waals surface area contributed by atoms with Crippen LogP contribution in [0.1, 0.15) is 52.5 Å². The highest BCUT2D eigenvalue weighted by atomic mass is 16.3. The predicted molar refractivity (Wildman–Crippen MR) is 95.6 cm³/mol. The van der Waals surface area contributed by atoms with E-state index in [1.165, 1.54) is 0 Å². The van der Waals surface area contributed by atoms with E-state index in [2.05, 4.69) is 11.9 Å². The molecule has 132 valence electrons. The third-order valence-electron chi connectivity index (χ3n) is 5.45. The largest absolute Gasteiger partial charge is 0.396 e. The molecule has 1 aromatic carbocycles. The van der Waals surface area contributed by atoms with Gasteiger partial charge in [-0.2, -0.15) is 0 Å². The minimum absolute atomic E-state index is 0.0108. The van der Waals surface area contributed by atoms with Crippen LogP contribution in [0.25, 0.3) is 0 Å². The quantitative estimate of drug-likeness (QED) is 0.822. The second kappa shape index (κ2) is 7.23. The zero-order valence-corrected chi connectivity index (χ0v) is 14.5. The van der Waals surface area contributed by atoms with Crippen LogP contribution >= 0.6 is 0 Å². The molecule has 0 spiro atoms. The Balaban J connectivity index is 1.67. The molecule has 3 rings (SSSR count). The number of aromatic nitrogens is 1. The average Bonchev–Trinajstić information content (AvgIpc) is 3.22. The second-order valence-corrected chi connectivity index (χ2v) is 6.81. The molecular formula is C20H24N2O3. The number of aromatic amines is 1. The van der Waals surface area contributed by atoms with E-state index >= 15 is 0 Å². The van der Waals surface area contributed by atoms with Gasteiger partial charge in [-0.25, -0.2) is 0 Å². The number of rotatable bonds is 5. The number of benzene rings is 1. The van der Waals surface area contributed by atoms with E-state index in [4.69, 9.17) is 0 Å². The highest BCUT2D eigenvalue weighted by Crippen LogP contribution is 2.34. The number of piperidine rings is 1.